The highest BCUT2D eigenvalue weighted by molar-refractivity contribution is 5.95. The lowest BCUT2D eigenvalue weighted by Gasteiger charge is -2.04. The molecule has 0 aromatic heterocycles. The molecule has 0 unspecified atom stereocenters. The number of hydrogen-bond donors (Lipinski definition) is 1. The van der Waals surface area contributed by atoms with Gasteiger partial charge in [0, 0.05) is 23.4 Å². The molecular weight excluding hydrogens is 246 g/mol. The molecule has 102 valence electrons. The first-order chi connectivity index (χ1) is 8.90. The summed E-state index contributed by atoms with van der Waals surface area (Å²) < 4.78 is 0. The SMILES string of the molecule is C/C(CC(C)C)=N\NC(=O)c1cccc([N+](=O)[O-])c1. The highest BCUT2D eigenvalue weighted by Gasteiger charge is 2.10. The third-order valence-corrected chi connectivity index (χ3v) is 2.37. The van der Waals surface area contributed by atoms with Gasteiger partial charge in [-0.05, 0) is 25.3 Å². The molecule has 0 fully saturated rings. The van der Waals surface area contributed by atoms with Crippen molar-refractivity contribution in [2.24, 2.45) is 11.0 Å². The average Bonchev–Trinajstić information content (AvgIpc) is 2.35. The lowest BCUT2D eigenvalue weighted by Crippen LogP contribution is -2.19. The quantitative estimate of drug-likeness (QED) is 0.503. The van der Waals surface area contributed by atoms with E-state index in [0.29, 0.717) is 5.92 Å². The Hall–Kier alpha value is -2.24. The van der Waals surface area contributed by atoms with Gasteiger partial charge in [-0.25, -0.2) is 5.43 Å². The van der Waals surface area contributed by atoms with E-state index in [1.807, 2.05) is 6.92 Å². The fraction of sp³-hybridized carbons (Fsp3) is 0.385. The van der Waals surface area contributed by atoms with Gasteiger partial charge in [0.1, 0.15) is 0 Å². The van der Waals surface area contributed by atoms with E-state index in [2.05, 4.69) is 24.4 Å². The van der Waals surface area contributed by atoms with Crippen LogP contribution in [0.25, 0.3) is 0 Å². The Labute approximate surface area is 111 Å². The predicted molar refractivity (Wildman–Crippen MR) is 73.1 cm³/mol. The Morgan fingerprint density at radius 2 is 2.16 bits per heavy atom. The van der Waals surface area contributed by atoms with Gasteiger partial charge < -0.3 is 0 Å². The number of benzene rings is 1. The van der Waals surface area contributed by atoms with Gasteiger partial charge in [-0.15, -0.1) is 0 Å². The second kappa shape index (κ2) is 6.63. The van der Waals surface area contributed by atoms with Gasteiger partial charge in [-0.1, -0.05) is 19.9 Å². The summed E-state index contributed by atoms with van der Waals surface area (Å²) in [6.45, 7) is 5.94. The zero-order valence-electron chi connectivity index (χ0n) is 11.2. The Kier molecular flexibility index (Phi) is 5.17. The second-order valence-electron chi connectivity index (χ2n) is 4.69. The van der Waals surface area contributed by atoms with Crippen LogP contribution in [0, 0.1) is 16.0 Å². The Morgan fingerprint density at radius 1 is 1.47 bits per heavy atom. The molecule has 1 N–H and O–H groups in total. The number of amides is 1. The van der Waals surface area contributed by atoms with Crippen molar-refractivity contribution >= 4 is 17.3 Å². The van der Waals surface area contributed by atoms with E-state index >= 15 is 0 Å². The van der Waals surface area contributed by atoms with Crippen LogP contribution in [-0.4, -0.2) is 16.5 Å². The molecular formula is C13H17N3O3. The standard InChI is InChI=1S/C13H17N3O3/c1-9(2)7-10(3)14-15-13(17)11-5-4-6-12(8-11)16(18)19/h4-6,8-9H,7H2,1-3H3,(H,15,17)/b14-10+. The van der Waals surface area contributed by atoms with Crippen LogP contribution in [0.15, 0.2) is 29.4 Å². The number of nitro benzene ring substituents is 1. The largest absolute Gasteiger partial charge is 0.271 e. The van der Waals surface area contributed by atoms with Crippen LogP contribution < -0.4 is 5.43 Å². The normalized spacial score (nSPS) is 11.5. The number of hydrazone groups is 1. The zero-order valence-corrected chi connectivity index (χ0v) is 11.2. The van der Waals surface area contributed by atoms with E-state index in [1.165, 1.54) is 24.3 Å². The first kappa shape index (κ1) is 14.8. The van der Waals surface area contributed by atoms with Crippen molar-refractivity contribution in [3.05, 3.63) is 39.9 Å². The smallest absolute Gasteiger partial charge is 0.267 e. The molecule has 0 aliphatic carbocycles. The minimum absolute atomic E-state index is 0.115. The highest BCUT2D eigenvalue weighted by atomic mass is 16.6. The van der Waals surface area contributed by atoms with Gasteiger partial charge in [0.2, 0.25) is 0 Å². The molecule has 0 aliphatic heterocycles. The third kappa shape index (κ3) is 4.87. The van der Waals surface area contributed by atoms with Crippen LogP contribution in [0.4, 0.5) is 5.69 Å². The second-order valence-corrected chi connectivity index (χ2v) is 4.69. The molecule has 0 saturated carbocycles. The Morgan fingerprint density at radius 3 is 2.74 bits per heavy atom. The average molecular weight is 263 g/mol. The molecule has 0 heterocycles. The van der Waals surface area contributed by atoms with Crippen molar-refractivity contribution in [3.8, 4) is 0 Å². The Bertz CT molecular complexity index is 510. The molecule has 0 aliphatic rings. The van der Waals surface area contributed by atoms with E-state index in [0.717, 1.165) is 12.1 Å². The maximum Gasteiger partial charge on any atom is 0.271 e. The molecule has 19 heavy (non-hydrogen) atoms. The van der Waals surface area contributed by atoms with Gasteiger partial charge in [0.25, 0.3) is 11.6 Å². The zero-order chi connectivity index (χ0) is 14.4. The van der Waals surface area contributed by atoms with Gasteiger partial charge in [0.05, 0.1) is 4.92 Å². The van der Waals surface area contributed by atoms with Crippen molar-refractivity contribution in [3.63, 3.8) is 0 Å². The van der Waals surface area contributed by atoms with E-state index in [9.17, 15) is 14.9 Å². The van der Waals surface area contributed by atoms with Gasteiger partial charge in [-0.2, -0.15) is 5.10 Å². The summed E-state index contributed by atoms with van der Waals surface area (Å²) in [5.41, 5.74) is 3.31. The summed E-state index contributed by atoms with van der Waals surface area (Å²) in [5, 5.41) is 14.6. The number of nitrogens with zero attached hydrogens (tertiary/aromatic N) is 2. The summed E-state index contributed by atoms with van der Waals surface area (Å²) in [5.74, 6) is 0.00488. The molecule has 1 amide bonds. The van der Waals surface area contributed by atoms with Gasteiger partial charge in [-0.3, -0.25) is 14.9 Å². The number of non-ortho nitro benzene ring substituents is 1. The van der Waals surface area contributed by atoms with Crippen molar-refractivity contribution in [2.45, 2.75) is 27.2 Å². The van der Waals surface area contributed by atoms with Gasteiger partial charge in [0.15, 0.2) is 0 Å². The lowest BCUT2D eigenvalue weighted by atomic mass is 10.1. The summed E-state index contributed by atoms with van der Waals surface area (Å²) in [7, 11) is 0. The molecule has 0 atom stereocenters. The first-order valence-electron chi connectivity index (χ1n) is 5.98. The highest BCUT2D eigenvalue weighted by Crippen LogP contribution is 2.12. The molecule has 0 spiro atoms. The molecule has 6 heteroatoms. The number of hydrogen-bond acceptors (Lipinski definition) is 4. The first-order valence-corrected chi connectivity index (χ1v) is 5.98. The van der Waals surface area contributed by atoms with Crippen LogP contribution in [-0.2, 0) is 0 Å². The van der Waals surface area contributed by atoms with Crippen LogP contribution in [0.5, 0.6) is 0 Å². The molecule has 1 aromatic rings. The van der Waals surface area contributed by atoms with Crippen molar-refractivity contribution in [1.29, 1.82) is 0 Å². The molecule has 0 radical (unpaired) electrons. The number of nitrogens with one attached hydrogen (secondary N) is 1. The maximum atomic E-state index is 11.8. The van der Waals surface area contributed by atoms with Crippen molar-refractivity contribution < 1.29 is 9.72 Å². The number of carbonyl (C=O) groups is 1. The predicted octanol–water partition coefficient (Wildman–Crippen LogP) is 2.75. The third-order valence-electron chi connectivity index (χ3n) is 2.37. The number of nitro groups is 1. The minimum atomic E-state index is -0.538. The maximum absolute atomic E-state index is 11.8. The number of carbonyl (C=O) groups excluding carboxylic acids is 1. The Balaban J connectivity index is 2.73. The monoisotopic (exact) mass is 263 g/mol. The lowest BCUT2D eigenvalue weighted by molar-refractivity contribution is -0.384. The van der Waals surface area contributed by atoms with E-state index in [-0.39, 0.29) is 11.3 Å². The summed E-state index contributed by atoms with van der Waals surface area (Å²) in [6, 6.07) is 5.54. The van der Waals surface area contributed by atoms with E-state index in [4.69, 9.17) is 0 Å². The minimum Gasteiger partial charge on any atom is -0.267 e. The van der Waals surface area contributed by atoms with Crippen LogP contribution in [0.3, 0.4) is 0 Å². The van der Waals surface area contributed by atoms with Crippen molar-refractivity contribution in [2.75, 3.05) is 0 Å². The van der Waals surface area contributed by atoms with Gasteiger partial charge >= 0.3 is 0 Å². The molecule has 1 rings (SSSR count). The summed E-state index contributed by atoms with van der Waals surface area (Å²) in [4.78, 5) is 21.8. The fourth-order valence-corrected chi connectivity index (χ4v) is 1.61. The van der Waals surface area contributed by atoms with Crippen LogP contribution >= 0.6 is 0 Å². The van der Waals surface area contributed by atoms with Crippen molar-refractivity contribution in [1.82, 2.24) is 5.43 Å². The van der Waals surface area contributed by atoms with Crippen LogP contribution in [0.2, 0.25) is 0 Å². The molecule has 0 bridgehead atoms. The van der Waals surface area contributed by atoms with Crippen LogP contribution in [0.1, 0.15) is 37.6 Å². The topological polar surface area (TPSA) is 84.6 Å². The van der Waals surface area contributed by atoms with E-state index < -0.39 is 10.8 Å². The van der Waals surface area contributed by atoms with E-state index in [1.54, 1.807) is 0 Å². The molecule has 0 saturated heterocycles. The molecule has 6 nitrogen and oxygen atoms in total. The fourth-order valence-electron chi connectivity index (χ4n) is 1.61. The summed E-state index contributed by atoms with van der Waals surface area (Å²) in [6.07, 6.45) is 0.787. The number of rotatable bonds is 5. The summed E-state index contributed by atoms with van der Waals surface area (Å²) >= 11 is 0. The molecule has 1 aromatic carbocycles.